The summed E-state index contributed by atoms with van der Waals surface area (Å²) in [7, 11) is 0. The molecule has 56 valence electrons. The fraction of sp³-hybridized carbons (Fsp3) is 0.800. The van der Waals surface area contributed by atoms with E-state index < -0.39 is 0 Å². The zero-order chi connectivity index (χ0) is 7.91. The summed E-state index contributed by atoms with van der Waals surface area (Å²) < 4.78 is 0. The predicted octanol–water partition coefficient (Wildman–Crippen LogP) is -0.0510. The van der Waals surface area contributed by atoms with Gasteiger partial charge in [0.25, 0.3) is 6.47 Å². The van der Waals surface area contributed by atoms with E-state index in [0.717, 1.165) is 0 Å². The molecule has 0 aromatic heterocycles. The Balaban J connectivity index is 0. The molecule has 4 heteroatoms. The normalized spacial score (nSPS) is 9.33. The predicted molar refractivity (Wildman–Crippen MR) is 35.8 cm³/mol. The standard InChI is InChI=1S/C4H12N2.CH2O2/c1-4(2,3)6-5;2-1-3/h6H,5H2,1-3H3;1H,(H,2,3). The van der Waals surface area contributed by atoms with Gasteiger partial charge >= 0.3 is 0 Å². The summed E-state index contributed by atoms with van der Waals surface area (Å²) >= 11 is 0. The molecule has 0 unspecified atom stereocenters. The molecule has 0 aliphatic carbocycles. The maximum absolute atomic E-state index is 8.36. The molecule has 0 saturated heterocycles. The van der Waals surface area contributed by atoms with Gasteiger partial charge in [0.2, 0.25) is 0 Å². The molecule has 0 spiro atoms. The van der Waals surface area contributed by atoms with E-state index in [0.29, 0.717) is 0 Å². The van der Waals surface area contributed by atoms with Crippen LogP contribution in [0.3, 0.4) is 0 Å². The van der Waals surface area contributed by atoms with Crippen LogP contribution < -0.4 is 11.3 Å². The summed E-state index contributed by atoms with van der Waals surface area (Å²) in [5.74, 6) is 5.06. The van der Waals surface area contributed by atoms with Gasteiger partial charge in [-0.05, 0) is 20.8 Å². The summed E-state index contributed by atoms with van der Waals surface area (Å²) in [6.07, 6.45) is 0. The minimum Gasteiger partial charge on any atom is -0.483 e. The number of hydrogen-bond acceptors (Lipinski definition) is 3. The highest BCUT2D eigenvalue weighted by Gasteiger charge is 2.02. The van der Waals surface area contributed by atoms with Gasteiger partial charge in [0.1, 0.15) is 0 Å². The second kappa shape index (κ2) is 5.53. The third kappa shape index (κ3) is 37.6. The number of hydrazine groups is 1. The van der Waals surface area contributed by atoms with E-state index in [-0.39, 0.29) is 12.0 Å². The van der Waals surface area contributed by atoms with Crippen LogP contribution >= 0.6 is 0 Å². The summed E-state index contributed by atoms with van der Waals surface area (Å²) in [5, 5.41) is 6.89. The van der Waals surface area contributed by atoms with Crippen molar-refractivity contribution in [1.82, 2.24) is 5.43 Å². The Hall–Kier alpha value is -0.610. The highest BCUT2D eigenvalue weighted by atomic mass is 16.3. The lowest BCUT2D eigenvalue weighted by molar-refractivity contribution is -0.122. The molecule has 4 N–H and O–H groups in total. The monoisotopic (exact) mass is 134 g/mol. The number of carboxylic acid groups (broad SMARTS) is 1. The van der Waals surface area contributed by atoms with Gasteiger partial charge in [-0.15, -0.1) is 0 Å². The fourth-order valence-electron chi connectivity index (χ4n) is 0. The molecule has 0 aromatic rings. The van der Waals surface area contributed by atoms with Crippen molar-refractivity contribution in [2.75, 3.05) is 0 Å². The third-order valence-corrected chi connectivity index (χ3v) is 0.433. The molecular formula is C5H14N2O2. The van der Waals surface area contributed by atoms with Gasteiger partial charge in [-0.3, -0.25) is 16.1 Å². The molecule has 0 amide bonds. The Bertz CT molecular complexity index is 67.8. The molecule has 0 aliphatic rings. The first-order valence-electron chi connectivity index (χ1n) is 2.53. The van der Waals surface area contributed by atoms with Crippen LogP contribution in [0, 0.1) is 0 Å². The molecule has 0 fully saturated rings. The van der Waals surface area contributed by atoms with E-state index in [2.05, 4.69) is 5.43 Å². The molecule has 0 aliphatic heterocycles. The van der Waals surface area contributed by atoms with Crippen LogP contribution in [0.2, 0.25) is 0 Å². The first kappa shape index (κ1) is 11.2. The Morgan fingerprint density at radius 3 is 1.67 bits per heavy atom. The molecule has 0 atom stereocenters. The lowest BCUT2D eigenvalue weighted by Crippen LogP contribution is -2.41. The maximum Gasteiger partial charge on any atom is 0.290 e. The first-order valence-corrected chi connectivity index (χ1v) is 2.53. The molecular weight excluding hydrogens is 120 g/mol. The van der Waals surface area contributed by atoms with Crippen LogP contribution in [0.5, 0.6) is 0 Å². The van der Waals surface area contributed by atoms with E-state index in [1.54, 1.807) is 0 Å². The number of carbonyl (C=O) groups is 1. The zero-order valence-electron chi connectivity index (χ0n) is 6.01. The van der Waals surface area contributed by atoms with Crippen molar-refractivity contribution in [3.05, 3.63) is 0 Å². The number of nitrogens with one attached hydrogen (secondary N) is 1. The van der Waals surface area contributed by atoms with Gasteiger partial charge in [-0.2, -0.15) is 0 Å². The quantitative estimate of drug-likeness (QED) is 0.246. The average Bonchev–Trinajstić information content (AvgIpc) is 1.67. The summed E-state index contributed by atoms with van der Waals surface area (Å²) in [6.45, 7) is 5.77. The van der Waals surface area contributed by atoms with Crippen molar-refractivity contribution in [3.8, 4) is 0 Å². The van der Waals surface area contributed by atoms with Crippen molar-refractivity contribution in [3.63, 3.8) is 0 Å². The Morgan fingerprint density at radius 2 is 1.67 bits per heavy atom. The van der Waals surface area contributed by atoms with Gasteiger partial charge in [0, 0.05) is 5.54 Å². The van der Waals surface area contributed by atoms with Gasteiger partial charge in [0.15, 0.2) is 0 Å². The van der Waals surface area contributed by atoms with Crippen molar-refractivity contribution in [2.24, 2.45) is 5.84 Å². The van der Waals surface area contributed by atoms with E-state index in [4.69, 9.17) is 15.7 Å². The van der Waals surface area contributed by atoms with E-state index in [9.17, 15) is 0 Å². The Kier molecular flexibility index (Phi) is 6.89. The summed E-state index contributed by atoms with van der Waals surface area (Å²) in [4.78, 5) is 8.36. The number of hydrogen-bond donors (Lipinski definition) is 3. The largest absolute Gasteiger partial charge is 0.483 e. The number of nitrogens with two attached hydrogens (primary N) is 1. The van der Waals surface area contributed by atoms with E-state index in [1.165, 1.54) is 0 Å². The highest BCUT2D eigenvalue weighted by Crippen LogP contribution is 1.92. The molecule has 0 rings (SSSR count). The zero-order valence-corrected chi connectivity index (χ0v) is 6.01. The molecule has 0 bridgehead atoms. The van der Waals surface area contributed by atoms with Crippen LogP contribution in [-0.2, 0) is 4.79 Å². The lowest BCUT2D eigenvalue weighted by atomic mass is 10.1. The van der Waals surface area contributed by atoms with Crippen molar-refractivity contribution in [1.29, 1.82) is 0 Å². The van der Waals surface area contributed by atoms with Crippen LogP contribution in [0.1, 0.15) is 20.8 Å². The minimum atomic E-state index is -0.250. The van der Waals surface area contributed by atoms with Gasteiger partial charge < -0.3 is 5.11 Å². The topological polar surface area (TPSA) is 75.3 Å². The second-order valence-corrected chi connectivity index (χ2v) is 2.50. The van der Waals surface area contributed by atoms with Gasteiger partial charge in [0.05, 0.1) is 0 Å². The molecule has 0 aromatic carbocycles. The summed E-state index contributed by atoms with van der Waals surface area (Å²) in [5.41, 5.74) is 2.67. The van der Waals surface area contributed by atoms with Crippen LogP contribution in [-0.4, -0.2) is 17.1 Å². The first-order chi connectivity index (χ1) is 3.97. The SMILES string of the molecule is CC(C)(C)NN.O=CO. The maximum atomic E-state index is 8.36. The lowest BCUT2D eigenvalue weighted by Gasteiger charge is -2.14. The Morgan fingerprint density at radius 1 is 1.56 bits per heavy atom. The molecule has 0 saturated carbocycles. The average molecular weight is 134 g/mol. The van der Waals surface area contributed by atoms with Crippen molar-refractivity contribution < 1.29 is 9.90 Å². The fourth-order valence-corrected chi connectivity index (χ4v) is 0. The third-order valence-electron chi connectivity index (χ3n) is 0.433. The molecule has 9 heavy (non-hydrogen) atoms. The molecule has 0 radical (unpaired) electrons. The Labute approximate surface area is 55.0 Å². The van der Waals surface area contributed by atoms with Crippen molar-refractivity contribution in [2.45, 2.75) is 26.3 Å². The number of rotatable bonds is 0. The van der Waals surface area contributed by atoms with Crippen LogP contribution in [0.15, 0.2) is 0 Å². The van der Waals surface area contributed by atoms with E-state index in [1.807, 2.05) is 20.8 Å². The van der Waals surface area contributed by atoms with Crippen molar-refractivity contribution >= 4 is 6.47 Å². The second-order valence-electron chi connectivity index (χ2n) is 2.50. The minimum absolute atomic E-state index is 0.0694. The van der Waals surface area contributed by atoms with Gasteiger partial charge in [-0.1, -0.05) is 0 Å². The summed E-state index contributed by atoms with van der Waals surface area (Å²) in [6, 6.07) is 0. The van der Waals surface area contributed by atoms with Crippen LogP contribution in [0.4, 0.5) is 0 Å². The van der Waals surface area contributed by atoms with Crippen LogP contribution in [0.25, 0.3) is 0 Å². The van der Waals surface area contributed by atoms with E-state index >= 15 is 0 Å². The molecule has 0 heterocycles. The smallest absolute Gasteiger partial charge is 0.290 e. The van der Waals surface area contributed by atoms with Gasteiger partial charge in [-0.25, -0.2) is 0 Å². The molecule has 4 nitrogen and oxygen atoms in total. The highest BCUT2D eigenvalue weighted by molar-refractivity contribution is 5.32.